The standard InChI is InChI=1S/C15H10N2/c1-2-4-15-12(3-1)8-14-7-11-5-6-16-9-13(11)10-17(14)15/h1-10H. The number of rotatable bonds is 0. The molecule has 0 unspecified atom stereocenters. The Hall–Kier alpha value is -2.35. The summed E-state index contributed by atoms with van der Waals surface area (Å²) < 4.78 is 2.22. The van der Waals surface area contributed by atoms with Gasteiger partial charge in [-0.15, -0.1) is 0 Å². The molecule has 2 heteroatoms. The van der Waals surface area contributed by atoms with E-state index in [-0.39, 0.29) is 0 Å². The van der Waals surface area contributed by atoms with Gasteiger partial charge in [0.25, 0.3) is 0 Å². The van der Waals surface area contributed by atoms with E-state index in [9.17, 15) is 0 Å². The maximum absolute atomic E-state index is 4.17. The number of nitrogens with zero attached hydrogens (tertiary/aromatic N) is 2. The van der Waals surface area contributed by atoms with E-state index >= 15 is 0 Å². The zero-order valence-corrected chi connectivity index (χ0v) is 9.17. The van der Waals surface area contributed by atoms with Gasteiger partial charge in [-0.25, -0.2) is 0 Å². The number of aromatic nitrogens is 2. The molecule has 0 aliphatic rings. The van der Waals surface area contributed by atoms with Crippen molar-refractivity contribution in [3.05, 3.63) is 61.1 Å². The molecule has 0 atom stereocenters. The summed E-state index contributed by atoms with van der Waals surface area (Å²) >= 11 is 0. The molecule has 3 aromatic heterocycles. The monoisotopic (exact) mass is 218 g/mol. The van der Waals surface area contributed by atoms with Gasteiger partial charge in [0, 0.05) is 34.9 Å². The fourth-order valence-electron chi connectivity index (χ4n) is 2.41. The molecule has 0 amide bonds. The highest BCUT2D eigenvalue weighted by molar-refractivity contribution is 5.93. The predicted molar refractivity (Wildman–Crippen MR) is 70.2 cm³/mol. The molecular formula is C15H10N2. The summed E-state index contributed by atoms with van der Waals surface area (Å²) in [5.74, 6) is 0. The van der Waals surface area contributed by atoms with Crippen molar-refractivity contribution in [3.63, 3.8) is 0 Å². The van der Waals surface area contributed by atoms with Crippen LogP contribution in [0.15, 0.2) is 61.1 Å². The highest BCUT2D eigenvalue weighted by Crippen LogP contribution is 2.23. The first-order chi connectivity index (χ1) is 8.42. The molecule has 0 fully saturated rings. The molecule has 2 nitrogen and oxygen atoms in total. The Morgan fingerprint density at radius 3 is 2.76 bits per heavy atom. The van der Waals surface area contributed by atoms with Crippen molar-refractivity contribution in [2.24, 2.45) is 0 Å². The first-order valence-corrected chi connectivity index (χ1v) is 5.65. The second-order valence-electron chi connectivity index (χ2n) is 4.28. The second-order valence-corrected chi connectivity index (χ2v) is 4.28. The average molecular weight is 218 g/mol. The number of pyridine rings is 2. The molecule has 4 aromatic rings. The highest BCUT2D eigenvalue weighted by atomic mass is 14.9. The van der Waals surface area contributed by atoms with Gasteiger partial charge >= 0.3 is 0 Å². The maximum Gasteiger partial charge on any atom is 0.0528 e. The fourth-order valence-corrected chi connectivity index (χ4v) is 2.41. The molecule has 0 aliphatic heterocycles. The molecule has 0 saturated heterocycles. The van der Waals surface area contributed by atoms with Crippen LogP contribution in [-0.4, -0.2) is 9.38 Å². The summed E-state index contributed by atoms with van der Waals surface area (Å²) in [6, 6.07) is 14.9. The van der Waals surface area contributed by atoms with Crippen LogP contribution in [0.5, 0.6) is 0 Å². The van der Waals surface area contributed by atoms with Crippen LogP contribution in [-0.2, 0) is 0 Å². The summed E-state index contributed by atoms with van der Waals surface area (Å²) in [7, 11) is 0. The number of hydrogen-bond acceptors (Lipinski definition) is 1. The molecule has 0 radical (unpaired) electrons. The van der Waals surface area contributed by atoms with Crippen molar-refractivity contribution in [2.45, 2.75) is 0 Å². The molecule has 1 aromatic carbocycles. The highest BCUT2D eigenvalue weighted by Gasteiger charge is 2.02. The van der Waals surface area contributed by atoms with Gasteiger partial charge in [-0.1, -0.05) is 18.2 Å². The van der Waals surface area contributed by atoms with Gasteiger partial charge in [0.1, 0.15) is 0 Å². The minimum Gasteiger partial charge on any atom is -0.316 e. The number of hydrogen-bond donors (Lipinski definition) is 0. The van der Waals surface area contributed by atoms with Crippen molar-refractivity contribution in [1.29, 1.82) is 0 Å². The quantitative estimate of drug-likeness (QED) is 0.440. The van der Waals surface area contributed by atoms with Gasteiger partial charge in [0.15, 0.2) is 0 Å². The van der Waals surface area contributed by atoms with Crippen molar-refractivity contribution in [1.82, 2.24) is 9.38 Å². The van der Waals surface area contributed by atoms with Crippen molar-refractivity contribution < 1.29 is 0 Å². The van der Waals surface area contributed by atoms with Gasteiger partial charge in [-0.2, -0.15) is 0 Å². The van der Waals surface area contributed by atoms with Crippen LogP contribution >= 0.6 is 0 Å². The van der Waals surface area contributed by atoms with E-state index in [2.05, 4.69) is 52.0 Å². The molecule has 80 valence electrons. The third-order valence-electron chi connectivity index (χ3n) is 3.24. The van der Waals surface area contributed by atoms with E-state index in [1.165, 1.54) is 27.2 Å². The van der Waals surface area contributed by atoms with Crippen LogP contribution in [0.4, 0.5) is 0 Å². The summed E-state index contributed by atoms with van der Waals surface area (Å²) in [5.41, 5.74) is 2.47. The van der Waals surface area contributed by atoms with Gasteiger partial charge in [-0.05, 0) is 29.7 Å². The number of benzene rings is 1. The SMILES string of the molecule is c1ccc2c(c1)cc1cc3ccncc3cn12. The molecule has 0 bridgehead atoms. The zero-order chi connectivity index (χ0) is 11.2. The molecule has 4 rings (SSSR count). The third kappa shape index (κ3) is 1.18. The third-order valence-corrected chi connectivity index (χ3v) is 3.24. The van der Waals surface area contributed by atoms with Crippen LogP contribution in [0, 0.1) is 0 Å². The van der Waals surface area contributed by atoms with Crippen LogP contribution in [0.2, 0.25) is 0 Å². The molecule has 17 heavy (non-hydrogen) atoms. The Balaban J connectivity index is 2.28. The lowest BCUT2D eigenvalue weighted by molar-refractivity contribution is 1.26. The van der Waals surface area contributed by atoms with Gasteiger partial charge < -0.3 is 4.40 Å². The molecule has 0 N–H and O–H groups in total. The summed E-state index contributed by atoms with van der Waals surface area (Å²) in [4.78, 5) is 4.17. The molecule has 0 aliphatic carbocycles. The van der Waals surface area contributed by atoms with E-state index in [4.69, 9.17) is 0 Å². The molecular weight excluding hydrogens is 208 g/mol. The van der Waals surface area contributed by atoms with Crippen LogP contribution < -0.4 is 0 Å². The average Bonchev–Trinajstić information content (AvgIpc) is 2.73. The molecule has 3 heterocycles. The summed E-state index contributed by atoms with van der Waals surface area (Å²) in [6.07, 6.45) is 5.89. The van der Waals surface area contributed by atoms with Crippen molar-refractivity contribution in [2.75, 3.05) is 0 Å². The zero-order valence-electron chi connectivity index (χ0n) is 9.17. The topological polar surface area (TPSA) is 17.3 Å². The normalized spacial score (nSPS) is 11.5. The molecule has 0 saturated carbocycles. The fraction of sp³-hybridized carbons (Fsp3) is 0. The number of fused-ring (bicyclic) bond motifs is 4. The lowest BCUT2D eigenvalue weighted by Crippen LogP contribution is -1.84. The van der Waals surface area contributed by atoms with Gasteiger partial charge in [0.05, 0.1) is 5.52 Å². The Morgan fingerprint density at radius 1 is 0.882 bits per heavy atom. The first-order valence-electron chi connectivity index (χ1n) is 5.65. The van der Waals surface area contributed by atoms with Crippen LogP contribution in [0.25, 0.3) is 27.2 Å². The Labute approximate surface area is 98.1 Å². The van der Waals surface area contributed by atoms with E-state index in [1.807, 2.05) is 18.5 Å². The Bertz CT molecular complexity index is 837. The lowest BCUT2D eigenvalue weighted by atomic mass is 10.2. The minimum absolute atomic E-state index is 1.17. The second kappa shape index (κ2) is 3.08. The maximum atomic E-state index is 4.17. The van der Waals surface area contributed by atoms with Crippen LogP contribution in [0.1, 0.15) is 0 Å². The minimum atomic E-state index is 1.17. The van der Waals surface area contributed by atoms with E-state index in [1.54, 1.807) is 0 Å². The summed E-state index contributed by atoms with van der Waals surface area (Å²) in [6.45, 7) is 0. The smallest absolute Gasteiger partial charge is 0.0528 e. The Kier molecular flexibility index (Phi) is 1.59. The largest absolute Gasteiger partial charge is 0.316 e. The van der Waals surface area contributed by atoms with Crippen LogP contribution in [0.3, 0.4) is 0 Å². The van der Waals surface area contributed by atoms with E-state index in [0.29, 0.717) is 0 Å². The van der Waals surface area contributed by atoms with Gasteiger partial charge in [-0.3, -0.25) is 4.98 Å². The molecule has 0 spiro atoms. The first kappa shape index (κ1) is 8.76. The lowest BCUT2D eigenvalue weighted by Gasteiger charge is -2.00. The van der Waals surface area contributed by atoms with E-state index in [0.717, 1.165) is 0 Å². The van der Waals surface area contributed by atoms with Gasteiger partial charge in [0.2, 0.25) is 0 Å². The predicted octanol–water partition coefficient (Wildman–Crippen LogP) is 3.64. The van der Waals surface area contributed by atoms with Crippen molar-refractivity contribution >= 4 is 27.2 Å². The van der Waals surface area contributed by atoms with Crippen molar-refractivity contribution in [3.8, 4) is 0 Å². The summed E-state index contributed by atoms with van der Waals surface area (Å²) in [5, 5.41) is 3.67. The number of para-hydroxylation sites is 1. The Morgan fingerprint density at radius 2 is 1.76 bits per heavy atom. The van der Waals surface area contributed by atoms with E-state index < -0.39 is 0 Å².